The standard InChI is InChI=1S/C13H14F3NO3/c1-3-10(12(19)20-2)17-11(18)8-6-4-5-7-9(8)13(14,15)16/h4-7,10H,3H2,1-2H3,(H,17,18)/t10-/m1/s1. The molecule has 0 unspecified atom stereocenters. The van der Waals surface area contributed by atoms with Crippen molar-refractivity contribution in [1.82, 2.24) is 5.32 Å². The maximum atomic E-state index is 12.8. The van der Waals surface area contributed by atoms with E-state index in [9.17, 15) is 22.8 Å². The maximum absolute atomic E-state index is 12.8. The van der Waals surface area contributed by atoms with Crippen molar-refractivity contribution in [2.45, 2.75) is 25.6 Å². The number of hydrogen-bond donors (Lipinski definition) is 1. The molecular weight excluding hydrogens is 275 g/mol. The molecule has 1 aromatic rings. The normalized spacial score (nSPS) is 12.7. The van der Waals surface area contributed by atoms with Gasteiger partial charge in [-0.2, -0.15) is 13.2 Å². The van der Waals surface area contributed by atoms with E-state index >= 15 is 0 Å². The van der Waals surface area contributed by atoms with Crippen LogP contribution in [0.3, 0.4) is 0 Å². The highest BCUT2D eigenvalue weighted by Gasteiger charge is 2.35. The lowest BCUT2D eigenvalue weighted by atomic mass is 10.1. The van der Waals surface area contributed by atoms with Gasteiger partial charge in [-0.15, -0.1) is 0 Å². The molecule has 20 heavy (non-hydrogen) atoms. The van der Waals surface area contributed by atoms with E-state index in [4.69, 9.17) is 0 Å². The number of nitrogens with one attached hydrogen (secondary N) is 1. The first-order chi connectivity index (χ1) is 9.31. The Labute approximate surface area is 113 Å². The lowest BCUT2D eigenvalue weighted by Crippen LogP contribution is -2.41. The molecule has 0 aromatic heterocycles. The highest BCUT2D eigenvalue weighted by Crippen LogP contribution is 2.31. The van der Waals surface area contributed by atoms with Crippen LogP contribution in [0.2, 0.25) is 0 Å². The molecule has 0 aliphatic rings. The zero-order valence-corrected chi connectivity index (χ0v) is 11.0. The van der Waals surface area contributed by atoms with E-state index in [0.29, 0.717) is 0 Å². The highest BCUT2D eigenvalue weighted by atomic mass is 19.4. The minimum Gasteiger partial charge on any atom is -0.467 e. The van der Waals surface area contributed by atoms with E-state index in [2.05, 4.69) is 10.1 Å². The average Bonchev–Trinajstić information content (AvgIpc) is 2.42. The fourth-order valence-electron chi connectivity index (χ4n) is 1.63. The summed E-state index contributed by atoms with van der Waals surface area (Å²) >= 11 is 0. The summed E-state index contributed by atoms with van der Waals surface area (Å²) in [7, 11) is 1.14. The van der Waals surface area contributed by atoms with Crippen LogP contribution in [0.4, 0.5) is 13.2 Å². The monoisotopic (exact) mass is 289 g/mol. The number of carbonyl (C=O) groups excluding carboxylic acids is 2. The Hall–Kier alpha value is -2.05. The zero-order valence-electron chi connectivity index (χ0n) is 11.0. The van der Waals surface area contributed by atoms with Crippen molar-refractivity contribution in [2.24, 2.45) is 0 Å². The summed E-state index contributed by atoms with van der Waals surface area (Å²) in [4.78, 5) is 23.2. The van der Waals surface area contributed by atoms with Gasteiger partial charge < -0.3 is 10.1 Å². The van der Waals surface area contributed by atoms with Crippen molar-refractivity contribution in [1.29, 1.82) is 0 Å². The molecule has 0 bridgehead atoms. The number of alkyl halides is 3. The first-order valence-electron chi connectivity index (χ1n) is 5.86. The van der Waals surface area contributed by atoms with Crippen LogP contribution >= 0.6 is 0 Å². The highest BCUT2D eigenvalue weighted by molar-refractivity contribution is 5.98. The van der Waals surface area contributed by atoms with Crippen LogP contribution in [0.5, 0.6) is 0 Å². The Morgan fingerprint density at radius 3 is 2.40 bits per heavy atom. The third kappa shape index (κ3) is 3.72. The molecule has 0 spiro atoms. The van der Waals surface area contributed by atoms with Gasteiger partial charge in [-0.05, 0) is 18.6 Å². The summed E-state index contributed by atoms with van der Waals surface area (Å²) in [6, 6.07) is 3.41. The minimum atomic E-state index is -4.64. The van der Waals surface area contributed by atoms with Gasteiger partial charge in [0.15, 0.2) is 0 Å². The third-order valence-electron chi connectivity index (χ3n) is 2.68. The van der Waals surface area contributed by atoms with E-state index in [1.165, 1.54) is 12.1 Å². The van der Waals surface area contributed by atoms with Gasteiger partial charge in [-0.3, -0.25) is 4.79 Å². The number of ether oxygens (including phenoxy) is 1. The van der Waals surface area contributed by atoms with Gasteiger partial charge in [0, 0.05) is 0 Å². The fraction of sp³-hybridized carbons (Fsp3) is 0.385. The summed E-state index contributed by atoms with van der Waals surface area (Å²) in [5.41, 5.74) is -1.57. The second-order valence-electron chi connectivity index (χ2n) is 4.00. The summed E-state index contributed by atoms with van der Waals surface area (Å²) < 4.78 is 42.8. The molecule has 0 aliphatic heterocycles. The molecule has 0 aliphatic carbocycles. The Balaban J connectivity index is 3.01. The average molecular weight is 289 g/mol. The van der Waals surface area contributed by atoms with E-state index in [1.54, 1.807) is 6.92 Å². The van der Waals surface area contributed by atoms with Crippen molar-refractivity contribution >= 4 is 11.9 Å². The van der Waals surface area contributed by atoms with Crippen LogP contribution in [0.1, 0.15) is 29.3 Å². The lowest BCUT2D eigenvalue weighted by Gasteiger charge is -2.17. The molecule has 1 aromatic carbocycles. The second-order valence-corrected chi connectivity index (χ2v) is 4.00. The summed E-state index contributed by atoms with van der Waals surface area (Å²) in [6.07, 6.45) is -4.42. The molecule has 110 valence electrons. The van der Waals surface area contributed by atoms with Crippen molar-refractivity contribution in [3.8, 4) is 0 Å². The van der Waals surface area contributed by atoms with E-state index in [0.717, 1.165) is 19.2 Å². The Kier molecular flexibility index (Phi) is 5.12. The number of rotatable bonds is 4. The van der Waals surface area contributed by atoms with Crippen molar-refractivity contribution in [3.05, 3.63) is 35.4 Å². The molecule has 0 saturated carbocycles. The molecule has 7 heteroatoms. The van der Waals surface area contributed by atoms with Crippen LogP contribution in [0.25, 0.3) is 0 Å². The number of halogens is 3. The van der Waals surface area contributed by atoms with Crippen LogP contribution in [-0.4, -0.2) is 25.0 Å². The van der Waals surface area contributed by atoms with Crippen molar-refractivity contribution in [3.63, 3.8) is 0 Å². The van der Waals surface area contributed by atoms with E-state index in [1.807, 2.05) is 0 Å². The number of benzene rings is 1. The maximum Gasteiger partial charge on any atom is 0.417 e. The smallest absolute Gasteiger partial charge is 0.417 e. The number of methoxy groups -OCH3 is 1. The van der Waals surface area contributed by atoms with Crippen molar-refractivity contribution < 1.29 is 27.5 Å². The molecule has 1 amide bonds. The molecular formula is C13H14F3NO3. The first-order valence-corrected chi connectivity index (χ1v) is 5.86. The second kappa shape index (κ2) is 6.40. The molecule has 0 heterocycles. The summed E-state index contributed by atoms with van der Waals surface area (Å²) in [6.45, 7) is 1.61. The van der Waals surface area contributed by atoms with Gasteiger partial charge in [0.2, 0.25) is 0 Å². The predicted molar refractivity (Wildman–Crippen MR) is 65.0 cm³/mol. The SMILES string of the molecule is CC[C@@H](NC(=O)c1ccccc1C(F)(F)F)C(=O)OC. The molecule has 1 N–H and O–H groups in total. The van der Waals surface area contributed by atoms with Gasteiger partial charge in [0.25, 0.3) is 5.91 Å². The third-order valence-corrected chi connectivity index (χ3v) is 2.68. The van der Waals surface area contributed by atoms with Crippen molar-refractivity contribution in [2.75, 3.05) is 7.11 Å². The first kappa shape index (κ1) is 16.0. The topological polar surface area (TPSA) is 55.4 Å². The quantitative estimate of drug-likeness (QED) is 0.866. The molecule has 4 nitrogen and oxygen atoms in total. The zero-order chi connectivity index (χ0) is 15.3. The number of hydrogen-bond acceptors (Lipinski definition) is 3. The molecule has 1 atom stereocenters. The van der Waals surface area contributed by atoms with Crippen LogP contribution in [0.15, 0.2) is 24.3 Å². The molecule has 0 fully saturated rings. The summed E-state index contributed by atoms with van der Waals surface area (Å²) in [5, 5.41) is 2.23. The molecule has 0 saturated heterocycles. The fourth-order valence-corrected chi connectivity index (χ4v) is 1.63. The Bertz CT molecular complexity index is 500. The molecule has 0 radical (unpaired) electrons. The Morgan fingerprint density at radius 2 is 1.90 bits per heavy atom. The minimum absolute atomic E-state index is 0.215. The van der Waals surface area contributed by atoms with Crippen LogP contribution in [0, 0.1) is 0 Å². The van der Waals surface area contributed by atoms with E-state index in [-0.39, 0.29) is 6.42 Å². The largest absolute Gasteiger partial charge is 0.467 e. The Morgan fingerprint density at radius 1 is 1.30 bits per heavy atom. The van der Waals surface area contributed by atoms with Gasteiger partial charge in [0.05, 0.1) is 18.2 Å². The van der Waals surface area contributed by atoms with Crippen LogP contribution in [-0.2, 0) is 15.7 Å². The summed E-state index contributed by atoms with van der Waals surface area (Å²) in [5.74, 6) is -1.67. The van der Waals surface area contributed by atoms with E-state index < -0.39 is 35.2 Å². The van der Waals surface area contributed by atoms with Crippen LogP contribution < -0.4 is 5.32 Å². The lowest BCUT2D eigenvalue weighted by molar-refractivity contribution is -0.142. The number of esters is 1. The number of carbonyl (C=O) groups is 2. The van der Waals surface area contributed by atoms with Gasteiger partial charge >= 0.3 is 12.1 Å². The van der Waals surface area contributed by atoms with Gasteiger partial charge in [-0.25, -0.2) is 4.79 Å². The predicted octanol–water partition coefficient (Wildman–Crippen LogP) is 2.39. The number of amides is 1. The van der Waals surface area contributed by atoms with Gasteiger partial charge in [0.1, 0.15) is 6.04 Å². The van der Waals surface area contributed by atoms with Gasteiger partial charge in [-0.1, -0.05) is 19.1 Å². The molecule has 1 rings (SSSR count).